The van der Waals surface area contributed by atoms with Gasteiger partial charge < -0.3 is 24.7 Å². The number of ether oxygens (including phenoxy) is 2. The highest BCUT2D eigenvalue weighted by atomic mass is 32.2. The largest absolute Gasteiger partial charge is 0.458 e. The summed E-state index contributed by atoms with van der Waals surface area (Å²) < 4.78 is 13.2. The molecule has 3 atom stereocenters. The van der Waals surface area contributed by atoms with Crippen LogP contribution in [0.15, 0.2) is 35.3 Å². The van der Waals surface area contributed by atoms with E-state index in [0.29, 0.717) is 46.1 Å². The smallest absolute Gasteiger partial charge is 0.335 e. The number of carbonyl (C=O) groups is 2. The molecule has 2 N–H and O–H groups in total. The number of aromatic nitrogens is 3. The average Bonchev–Trinajstić information content (AvgIpc) is 3.32. The van der Waals surface area contributed by atoms with Crippen LogP contribution in [-0.4, -0.2) is 73.9 Å². The lowest BCUT2D eigenvalue weighted by molar-refractivity contribution is -0.176. The quantitative estimate of drug-likeness (QED) is 0.388. The van der Waals surface area contributed by atoms with Crippen molar-refractivity contribution in [1.82, 2.24) is 19.7 Å². The van der Waals surface area contributed by atoms with E-state index in [0.717, 1.165) is 24.4 Å². The number of rotatable bonds is 6. The molecule has 228 valence electrons. The third-order valence-electron chi connectivity index (χ3n) is 7.80. The Morgan fingerprint density at radius 2 is 2.12 bits per heavy atom. The summed E-state index contributed by atoms with van der Waals surface area (Å²) in [5, 5.41) is 18.6. The Morgan fingerprint density at radius 1 is 1.33 bits per heavy atom. The fourth-order valence-corrected chi connectivity index (χ4v) is 6.72. The van der Waals surface area contributed by atoms with E-state index in [9.17, 15) is 19.6 Å². The van der Waals surface area contributed by atoms with Crippen molar-refractivity contribution < 1.29 is 19.1 Å². The van der Waals surface area contributed by atoms with E-state index in [-0.39, 0.29) is 24.5 Å². The summed E-state index contributed by atoms with van der Waals surface area (Å²) in [4.78, 5) is 43.6. The van der Waals surface area contributed by atoms with E-state index in [1.807, 2.05) is 35.7 Å². The van der Waals surface area contributed by atoms with E-state index in [1.165, 1.54) is 0 Å². The fraction of sp³-hybridized carbons (Fsp3) is 0.516. The molecule has 0 saturated carbocycles. The monoisotopic (exact) mass is 606 g/mol. The lowest BCUT2D eigenvalue weighted by atomic mass is 9.87. The Bertz CT molecular complexity index is 1630. The summed E-state index contributed by atoms with van der Waals surface area (Å²) in [7, 11) is 0. The molecule has 5 rings (SSSR count). The minimum atomic E-state index is -0.894. The van der Waals surface area contributed by atoms with Crippen molar-refractivity contribution in [2.24, 2.45) is 0 Å². The first-order valence-electron chi connectivity index (χ1n) is 14.5. The van der Waals surface area contributed by atoms with Crippen LogP contribution in [0.25, 0.3) is 10.9 Å². The third-order valence-corrected chi connectivity index (χ3v) is 8.94. The van der Waals surface area contributed by atoms with Crippen LogP contribution < -0.4 is 10.9 Å². The van der Waals surface area contributed by atoms with E-state index in [1.54, 1.807) is 43.8 Å². The zero-order valence-electron chi connectivity index (χ0n) is 25.2. The van der Waals surface area contributed by atoms with Crippen LogP contribution in [0, 0.1) is 18.3 Å². The van der Waals surface area contributed by atoms with Crippen LogP contribution in [0.4, 0.5) is 11.5 Å². The molecule has 2 saturated heterocycles. The van der Waals surface area contributed by atoms with Crippen molar-refractivity contribution in [3.8, 4) is 6.07 Å². The molecule has 2 aliphatic rings. The van der Waals surface area contributed by atoms with Gasteiger partial charge in [0, 0.05) is 41.5 Å². The van der Waals surface area contributed by atoms with Crippen molar-refractivity contribution in [3.05, 3.63) is 51.9 Å². The van der Waals surface area contributed by atoms with Gasteiger partial charge in [-0.2, -0.15) is 22.1 Å². The number of H-pyrrole nitrogens is 1. The van der Waals surface area contributed by atoms with E-state index >= 15 is 0 Å². The second-order valence-electron chi connectivity index (χ2n) is 12.3. The SMILES string of the molecule is Cc1cc(Nc2nn([C@]3(CC#N)CC[C@@H](C(=O)OC(C)(C)C)OC3)c3cc[nH]c(=O)c23)ccc1C(=O)N1CCS[C@H](C)C1. The highest BCUT2D eigenvalue weighted by Gasteiger charge is 2.43. The summed E-state index contributed by atoms with van der Waals surface area (Å²) in [6.07, 6.45) is 1.64. The number of hydrogen-bond acceptors (Lipinski definition) is 9. The molecular formula is C31H38N6O5S. The van der Waals surface area contributed by atoms with Gasteiger partial charge in [-0.25, -0.2) is 4.79 Å². The predicted molar refractivity (Wildman–Crippen MR) is 166 cm³/mol. The van der Waals surface area contributed by atoms with Crippen molar-refractivity contribution in [2.75, 3.05) is 30.8 Å². The van der Waals surface area contributed by atoms with Crippen molar-refractivity contribution in [2.45, 2.75) is 76.4 Å². The maximum atomic E-state index is 13.2. The molecule has 1 aromatic carbocycles. The van der Waals surface area contributed by atoms with Crippen molar-refractivity contribution in [3.63, 3.8) is 0 Å². The summed E-state index contributed by atoms with van der Waals surface area (Å²) in [5.74, 6) is 0.829. The molecule has 3 aromatic rings. The van der Waals surface area contributed by atoms with Crippen LogP contribution in [-0.2, 0) is 19.8 Å². The maximum Gasteiger partial charge on any atom is 0.335 e. The molecule has 0 bridgehead atoms. The Hall–Kier alpha value is -3.82. The molecule has 0 aliphatic carbocycles. The number of anilines is 2. The predicted octanol–water partition coefficient (Wildman–Crippen LogP) is 4.48. The maximum absolute atomic E-state index is 13.2. The second-order valence-corrected chi connectivity index (χ2v) is 13.9. The average molecular weight is 607 g/mol. The number of nitrogens with zero attached hydrogens (tertiary/aromatic N) is 4. The van der Waals surface area contributed by atoms with Gasteiger partial charge >= 0.3 is 5.97 Å². The molecule has 0 unspecified atom stereocenters. The van der Waals surface area contributed by atoms with Gasteiger partial charge in [-0.1, -0.05) is 6.92 Å². The van der Waals surface area contributed by atoms with E-state index in [4.69, 9.17) is 14.6 Å². The highest BCUT2D eigenvalue weighted by molar-refractivity contribution is 7.99. The number of pyridine rings is 1. The van der Waals surface area contributed by atoms with Crippen LogP contribution >= 0.6 is 11.8 Å². The molecule has 4 heterocycles. The number of hydrogen-bond donors (Lipinski definition) is 2. The van der Waals surface area contributed by atoms with Gasteiger partial charge in [-0.15, -0.1) is 0 Å². The Morgan fingerprint density at radius 3 is 2.77 bits per heavy atom. The Kier molecular flexibility index (Phi) is 8.58. The van der Waals surface area contributed by atoms with E-state index < -0.39 is 23.2 Å². The number of fused-ring (bicyclic) bond motifs is 1. The summed E-state index contributed by atoms with van der Waals surface area (Å²) in [5.41, 5.74) is 0.804. The number of amides is 1. The number of carbonyl (C=O) groups excluding carboxylic acids is 2. The third kappa shape index (κ3) is 6.43. The first-order chi connectivity index (χ1) is 20.4. The zero-order chi connectivity index (χ0) is 30.9. The summed E-state index contributed by atoms with van der Waals surface area (Å²) >= 11 is 1.88. The van der Waals surface area contributed by atoms with E-state index in [2.05, 4.69) is 23.3 Å². The first-order valence-corrected chi connectivity index (χ1v) is 15.6. The van der Waals surface area contributed by atoms with Gasteiger partial charge in [-0.3, -0.25) is 14.3 Å². The number of aryl methyl sites for hydroxylation is 1. The van der Waals surface area contributed by atoms with Crippen LogP contribution in [0.5, 0.6) is 0 Å². The van der Waals surface area contributed by atoms with Gasteiger partial charge in [0.05, 0.1) is 30.2 Å². The first kappa shape index (κ1) is 30.6. The van der Waals surface area contributed by atoms with Crippen molar-refractivity contribution >= 4 is 46.0 Å². The molecule has 2 aliphatic heterocycles. The van der Waals surface area contributed by atoms with Gasteiger partial charge in [0.2, 0.25) is 0 Å². The molecule has 0 radical (unpaired) electrons. The second kappa shape index (κ2) is 12.1. The molecule has 11 nitrogen and oxygen atoms in total. The minimum absolute atomic E-state index is 0.0165. The Labute approximate surface area is 254 Å². The standard InChI is InChI=1S/C31H38N6O5S/c1-19-16-21(6-7-22(19)28(39)36-14-15-43-20(2)17-36)34-26-25-23(9-13-33-27(25)38)37(35-26)31(11-12-32)10-8-24(41-18-31)29(40)42-30(3,4)5/h6-7,9,13,16,20,24H,8,10-11,14-15,17-18H2,1-5H3,(H,33,38)(H,34,35)/t20-,24+,31+/m1/s1. The highest BCUT2D eigenvalue weighted by Crippen LogP contribution is 2.37. The topological polar surface area (TPSA) is 142 Å². The van der Waals surface area contributed by atoms with Crippen LogP contribution in [0.3, 0.4) is 0 Å². The molecular weight excluding hydrogens is 568 g/mol. The van der Waals surface area contributed by atoms with Gasteiger partial charge in [0.25, 0.3) is 11.5 Å². The number of aromatic amines is 1. The van der Waals surface area contributed by atoms with Crippen LogP contribution in [0.1, 0.15) is 62.9 Å². The molecule has 12 heteroatoms. The lowest BCUT2D eigenvalue weighted by Crippen LogP contribution is -2.47. The number of nitrogens with one attached hydrogen (secondary N) is 2. The minimum Gasteiger partial charge on any atom is -0.458 e. The number of thioether (sulfide) groups is 1. The molecule has 1 amide bonds. The fourth-order valence-electron chi connectivity index (χ4n) is 5.71. The molecule has 43 heavy (non-hydrogen) atoms. The normalized spacial score (nSPS) is 22.7. The van der Waals surface area contributed by atoms with Crippen LogP contribution in [0.2, 0.25) is 0 Å². The zero-order valence-corrected chi connectivity index (χ0v) is 26.0. The number of nitriles is 1. The Balaban J connectivity index is 1.43. The van der Waals surface area contributed by atoms with Gasteiger partial charge in [0.1, 0.15) is 11.0 Å². The van der Waals surface area contributed by atoms with Gasteiger partial charge in [0.15, 0.2) is 11.9 Å². The molecule has 0 spiro atoms. The lowest BCUT2D eigenvalue weighted by Gasteiger charge is -2.39. The summed E-state index contributed by atoms with van der Waals surface area (Å²) in [6, 6.07) is 9.49. The number of benzene rings is 1. The molecule has 2 aromatic heterocycles. The summed E-state index contributed by atoms with van der Waals surface area (Å²) in [6.45, 7) is 10.9. The van der Waals surface area contributed by atoms with Crippen molar-refractivity contribution in [1.29, 1.82) is 5.26 Å². The number of esters is 1. The molecule has 2 fully saturated rings. The van der Waals surface area contributed by atoms with Gasteiger partial charge in [-0.05, 0) is 70.4 Å².